The van der Waals surface area contributed by atoms with Gasteiger partial charge in [-0.15, -0.1) is 11.3 Å². The lowest BCUT2D eigenvalue weighted by Gasteiger charge is -2.35. The SMILES string of the molecule is NCCC(=O)NCC1CCCCN1C(=O)c1cnc(-c2ccccc2F)s1. The van der Waals surface area contributed by atoms with Crippen molar-refractivity contribution in [1.29, 1.82) is 0 Å². The molecule has 8 heteroatoms. The molecular weight excluding hydrogens is 367 g/mol. The van der Waals surface area contributed by atoms with Gasteiger partial charge in [-0.2, -0.15) is 0 Å². The average molecular weight is 390 g/mol. The number of carbonyl (C=O) groups excluding carboxylic acids is 2. The number of halogens is 1. The number of aromatic nitrogens is 1. The first-order valence-electron chi connectivity index (χ1n) is 9.08. The van der Waals surface area contributed by atoms with E-state index in [2.05, 4.69) is 10.3 Å². The van der Waals surface area contributed by atoms with Crippen molar-refractivity contribution in [2.24, 2.45) is 5.73 Å². The molecule has 0 radical (unpaired) electrons. The Labute approximate surface area is 161 Å². The highest BCUT2D eigenvalue weighted by atomic mass is 32.1. The van der Waals surface area contributed by atoms with Crippen LogP contribution in [0.5, 0.6) is 0 Å². The van der Waals surface area contributed by atoms with Crippen molar-refractivity contribution in [3.05, 3.63) is 41.2 Å². The van der Waals surface area contributed by atoms with E-state index in [9.17, 15) is 14.0 Å². The van der Waals surface area contributed by atoms with Crippen molar-refractivity contribution >= 4 is 23.2 Å². The summed E-state index contributed by atoms with van der Waals surface area (Å²) in [6, 6.07) is 6.34. The number of hydrogen-bond acceptors (Lipinski definition) is 5. The number of nitrogens with zero attached hydrogens (tertiary/aromatic N) is 2. The molecule has 0 saturated carbocycles. The van der Waals surface area contributed by atoms with E-state index in [-0.39, 0.29) is 30.1 Å². The minimum atomic E-state index is -0.357. The van der Waals surface area contributed by atoms with Gasteiger partial charge in [-0.05, 0) is 31.4 Å². The van der Waals surface area contributed by atoms with E-state index in [1.165, 1.54) is 23.6 Å². The number of amides is 2. The first-order chi connectivity index (χ1) is 13.1. The maximum atomic E-state index is 14.0. The predicted octanol–water partition coefficient (Wildman–Crippen LogP) is 2.41. The number of carbonyl (C=O) groups is 2. The Morgan fingerprint density at radius 3 is 2.93 bits per heavy atom. The molecule has 1 aliphatic heterocycles. The van der Waals surface area contributed by atoms with Crippen LogP contribution in [0.3, 0.4) is 0 Å². The summed E-state index contributed by atoms with van der Waals surface area (Å²) in [5, 5.41) is 3.34. The molecular formula is C19H23FN4O2S. The number of rotatable bonds is 6. The first kappa shape index (κ1) is 19.4. The summed E-state index contributed by atoms with van der Waals surface area (Å²) in [6.45, 7) is 1.37. The van der Waals surface area contributed by atoms with Crippen molar-refractivity contribution in [2.75, 3.05) is 19.6 Å². The second-order valence-electron chi connectivity index (χ2n) is 6.50. The van der Waals surface area contributed by atoms with Crippen LogP contribution >= 0.6 is 11.3 Å². The molecule has 0 aliphatic carbocycles. The summed E-state index contributed by atoms with van der Waals surface area (Å²) in [6.07, 6.45) is 4.57. The van der Waals surface area contributed by atoms with Gasteiger partial charge in [-0.25, -0.2) is 9.37 Å². The topological polar surface area (TPSA) is 88.3 Å². The lowest BCUT2D eigenvalue weighted by molar-refractivity contribution is -0.121. The van der Waals surface area contributed by atoms with Crippen molar-refractivity contribution in [3.63, 3.8) is 0 Å². The average Bonchev–Trinajstić information content (AvgIpc) is 3.16. The van der Waals surface area contributed by atoms with Crippen molar-refractivity contribution in [2.45, 2.75) is 31.7 Å². The summed E-state index contributed by atoms with van der Waals surface area (Å²) in [7, 11) is 0. The molecule has 1 unspecified atom stereocenters. The molecule has 6 nitrogen and oxygen atoms in total. The van der Waals surface area contributed by atoms with Crippen LogP contribution in [0.15, 0.2) is 30.5 Å². The minimum absolute atomic E-state index is 0.0491. The molecule has 2 aromatic rings. The van der Waals surface area contributed by atoms with Gasteiger partial charge in [-0.3, -0.25) is 9.59 Å². The van der Waals surface area contributed by atoms with Crippen molar-refractivity contribution in [1.82, 2.24) is 15.2 Å². The zero-order valence-corrected chi connectivity index (χ0v) is 15.8. The molecule has 0 bridgehead atoms. The highest BCUT2D eigenvalue weighted by Gasteiger charge is 2.29. The van der Waals surface area contributed by atoms with E-state index in [0.717, 1.165) is 19.3 Å². The number of hydrogen-bond donors (Lipinski definition) is 2. The Hall–Kier alpha value is -2.32. The number of piperidine rings is 1. The Morgan fingerprint density at radius 2 is 2.15 bits per heavy atom. The lowest BCUT2D eigenvalue weighted by atomic mass is 10.0. The van der Waals surface area contributed by atoms with E-state index >= 15 is 0 Å². The Bertz CT molecular complexity index is 811. The second kappa shape index (κ2) is 9.05. The number of likely N-dealkylation sites (tertiary alicyclic amines) is 1. The van der Waals surface area contributed by atoms with E-state index in [1.807, 2.05) is 0 Å². The van der Waals surface area contributed by atoms with Crippen LogP contribution in [0.25, 0.3) is 10.6 Å². The standard InChI is InChI=1S/C19H23FN4O2S/c20-15-7-2-1-6-14(15)18-23-12-16(27-18)19(26)24-10-4-3-5-13(24)11-22-17(25)8-9-21/h1-2,6-7,12-13H,3-5,8-11,21H2,(H,22,25). The monoisotopic (exact) mass is 390 g/mol. The highest BCUT2D eigenvalue weighted by molar-refractivity contribution is 7.16. The van der Waals surface area contributed by atoms with Crippen LogP contribution in [0.4, 0.5) is 4.39 Å². The lowest BCUT2D eigenvalue weighted by Crippen LogP contribution is -2.49. The van der Waals surface area contributed by atoms with E-state index in [4.69, 9.17) is 5.73 Å². The first-order valence-corrected chi connectivity index (χ1v) is 9.90. The zero-order chi connectivity index (χ0) is 19.2. The zero-order valence-electron chi connectivity index (χ0n) is 15.0. The molecule has 2 amide bonds. The summed E-state index contributed by atoms with van der Waals surface area (Å²) < 4.78 is 14.0. The van der Waals surface area contributed by atoms with Crippen LogP contribution in [0.1, 0.15) is 35.4 Å². The molecule has 3 N–H and O–H groups in total. The molecule has 1 aliphatic rings. The second-order valence-corrected chi connectivity index (χ2v) is 7.53. The summed E-state index contributed by atoms with van der Waals surface area (Å²) in [5.41, 5.74) is 5.79. The predicted molar refractivity (Wildman–Crippen MR) is 103 cm³/mol. The molecule has 1 atom stereocenters. The van der Waals surface area contributed by atoms with Crippen molar-refractivity contribution in [3.8, 4) is 10.6 Å². The molecule has 1 aromatic heterocycles. The largest absolute Gasteiger partial charge is 0.354 e. The Balaban J connectivity index is 1.71. The van der Waals surface area contributed by atoms with Gasteiger partial charge >= 0.3 is 0 Å². The maximum absolute atomic E-state index is 14.0. The summed E-state index contributed by atoms with van der Waals surface area (Å²) >= 11 is 1.19. The Morgan fingerprint density at radius 1 is 1.33 bits per heavy atom. The molecule has 1 aromatic carbocycles. The highest BCUT2D eigenvalue weighted by Crippen LogP contribution is 2.29. The molecule has 1 saturated heterocycles. The van der Waals surface area contributed by atoms with Gasteiger partial charge < -0.3 is 16.0 Å². The smallest absolute Gasteiger partial charge is 0.265 e. The summed E-state index contributed by atoms with van der Waals surface area (Å²) in [5.74, 6) is -0.577. The Kier molecular flexibility index (Phi) is 6.52. The van der Waals surface area contributed by atoms with Gasteiger partial charge in [0.25, 0.3) is 5.91 Å². The van der Waals surface area contributed by atoms with Crippen LogP contribution in [-0.2, 0) is 4.79 Å². The maximum Gasteiger partial charge on any atom is 0.265 e. The summed E-state index contributed by atoms with van der Waals surface area (Å²) in [4.78, 5) is 31.2. The molecule has 1 fully saturated rings. The fourth-order valence-corrected chi connectivity index (χ4v) is 4.10. The third kappa shape index (κ3) is 4.70. The van der Waals surface area contributed by atoms with Crippen LogP contribution in [-0.4, -0.2) is 47.4 Å². The van der Waals surface area contributed by atoms with Gasteiger partial charge in [0, 0.05) is 37.7 Å². The van der Waals surface area contributed by atoms with Crippen LogP contribution in [0, 0.1) is 5.82 Å². The number of thiazole rings is 1. The molecule has 0 spiro atoms. The van der Waals surface area contributed by atoms with Crippen molar-refractivity contribution < 1.29 is 14.0 Å². The number of nitrogens with two attached hydrogens (primary N) is 1. The van der Waals surface area contributed by atoms with Crippen LogP contribution in [0.2, 0.25) is 0 Å². The van der Waals surface area contributed by atoms with Gasteiger partial charge in [0.2, 0.25) is 5.91 Å². The van der Waals surface area contributed by atoms with E-state index in [0.29, 0.717) is 35.1 Å². The third-order valence-corrected chi connectivity index (χ3v) is 5.63. The molecule has 27 heavy (non-hydrogen) atoms. The third-order valence-electron chi connectivity index (χ3n) is 4.61. The fourth-order valence-electron chi connectivity index (χ4n) is 3.20. The molecule has 2 heterocycles. The minimum Gasteiger partial charge on any atom is -0.354 e. The van der Waals surface area contributed by atoms with Gasteiger partial charge in [-0.1, -0.05) is 12.1 Å². The normalized spacial score (nSPS) is 17.0. The van der Waals surface area contributed by atoms with Gasteiger partial charge in [0.15, 0.2) is 0 Å². The fraction of sp³-hybridized carbons (Fsp3) is 0.421. The molecule has 3 rings (SSSR count). The number of nitrogens with one attached hydrogen (secondary N) is 1. The molecule has 144 valence electrons. The van der Waals surface area contributed by atoms with E-state index < -0.39 is 0 Å². The van der Waals surface area contributed by atoms with Crippen LogP contribution < -0.4 is 11.1 Å². The van der Waals surface area contributed by atoms with Gasteiger partial charge in [0.1, 0.15) is 15.7 Å². The number of benzene rings is 1. The quantitative estimate of drug-likeness (QED) is 0.793. The van der Waals surface area contributed by atoms with E-state index in [1.54, 1.807) is 23.1 Å². The van der Waals surface area contributed by atoms with Gasteiger partial charge in [0.05, 0.1) is 6.20 Å².